The Kier molecular flexibility index (Phi) is 4.35. The highest BCUT2D eigenvalue weighted by Crippen LogP contribution is 2.66. The SMILES string of the molecule is C=CCN1CC[C@]23c4c5ccc(O)c4O[C@H]2[C@H](N2C(=O)c4ccc([N+](=O)[O-])cc4C2=O)CCC3(O)[C@H]1C5. The fourth-order valence-corrected chi connectivity index (χ4v) is 7.92. The lowest BCUT2D eigenvalue weighted by Crippen LogP contribution is -2.78. The summed E-state index contributed by atoms with van der Waals surface area (Å²) in [5.74, 6) is -0.845. The van der Waals surface area contributed by atoms with Crippen LogP contribution in [0.1, 0.15) is 51.1 Å². The molecule has 10 heteroatoms. The van der Waals surface area contributed by atoms with Crippen LogP contribution in [0.25, 0.3) is 0 Å². The first kappa shape index (κ1) is 22.4. The quantitative estimate of drug-likeness (QED) is 0.281. The van der Waals surface area contributed by atoms with E-state index in [1.807, 2.05) is 12.1 Å². The standard InChI is InChI=1S/C27H25N3O7/c1-2-10-28-11-9-26-21-14-3-6-19(31)22(21)37-23(26)18(7-8-27(26,34)20(28)12-14)29-24(32)16-5-4-15(30(35)36)13-17(16)25(29)33/h2-6,13,18,20,23,31,34H,1,7-12H2/t18-,20-,23+,26+,27?/m1/s1. The Balaban J connectivity index is 1.37. The van der Waals surface area contributed by atoms with E-state index in [9.17, 15) is 29.9 Å². The van der Waals surface area contributed by atoms with E-state index < -0.39 is 39.9 Å². The molecule has 190 valence electrons. The van der Waals surface area contributed by atoms with E-state index in [2.05, 4.69) is 11.5 Å². The van der Waals surface area contributed by atoms with Crippen LogP contribution in [-0.2, 0) is 11.8 Å². The molecule has 2 aromatic carbocycles. The first-order chi connectivity index (χ1) is 17.7. The van der Waals surface area contributed by atoms with Gasteiger partial charge in [-0.1, -0.05) is 12.1 Å². The number of piperidine rings is 1. The molecule has 3 heterocycles. The number of aliphatic hydroxyl groups is 1. The molecule has 7 rings (SSSR count). The van der Waals surface area contributed by atoms with Gasteiger partial charge in [-0.15, -0.1) is 6.58 Å². The van der Waals surface area contributed by atoms with Crippen LogP contribution < -0.4 is 4.74 Å². The number of imide groups is 1. The third-order valence-electron chi connectivity index (χ3n) is 9.35. The van der Waals surface area contributed by atoms with Crippen molar-refractivity contribution in [2.24, 2.45) is 0 Å². The molecule has 2 amide bonds. The Bertz CT molecular complexity index is 1440. The number of hydrogen-bond acceptors (Lipinski definition) is 8. The Morgan fingerprint density at radius 2 is 1.97 bits per heavy atom. The van der Waals surface area contributed by atoms with Gasteiger partial charge in [-0.25, -0.2) is 0 Å². The third kappa shape index (κ3) is 2.52. The number of nitro groups is 1. The van der Waals surface area contributed by atoms with E-state index in [-0.39, 0.29) is 28.6 Å². The zero-order valence-electron chi connectivity index (χ0n) is 19.9. The highest BCUT2D eigenvalue weighted by molar-refractivity contribution is 6.22. The molecule has 2 aliphatic carbocycles. The van der Waals surface area contributed by atoms with Crippen LogP contribution in [0.15, 0.2) is 43.0 Å². The number of non-ortho nitro benzene ring substituents is 1. The number of nitro benzene ring substituents is 1. The van der Waals surface area contributed by atoms with Gasteiger partial charge in [0.1, 0.15) is 6.10 Å². The highest BCUT2D eigenvalue weighted by atomic mass is 16.6. The fraction of sp³-hybridized carbons (Fsp3) is 0.407. The second-order valence-corrected chi connectivity index (χ2v) is 10.7. The first-order valence-corrected chi connectivity index (χ1v) is 12.5. The van der Waals surface area contributed by atoms with E-state index in [0.29, 0.717) is 44.5 Å². The van der Waals surface area contributed by atoms with Crippen molar-refractivity contribution in [2.75, 3.05) is 13.1 Å². The summed E-state index contributed by atoms with van der Waals surface area (Å²) in [6.07, 6.45) is 2.81. The van der Waals surface area contributed by atoms with Crippen molar-refractivity contribution in [3.05, 3.63) is 75.4 Å². The van der Waals surface area contributed by atoms with Crippen LogP contribution in [0.3, 0.4) is 0 Å². The zero-order chi connectivity index (χ0) is 25.9. The molecule has 5 aliphatic rings. The van der Waals surface area contributed by atoms with E-state index in [4.69, 9.17) is 4.74 Å². The summed E-state index contributed by atoms with van der Waals surface area (Å²) in [4.78, 5) is 41.2. The fourth-order valence-electron chi connectivity index (χ4n) is 7.92. The smallest absolute Gasteiger partial charge is 0.270 e. The second kappa shape index (κ2) is 7.17. The average molecular weight is 504 g/mol. The molecule has 2 N–H and O–H groups in total. The van der Waals surface area contributed by atoms with Crippen LogP contribution in [0, 0.1) is 10.1 Å². The molecule has 10 nitrogen and oxygen atoms in total. The van der Waals surface area contributed by atoms with Crippen LogP contribution in [0.5, 0.6) is 11.5 Å². The number of ether oxygens (including phenoxy) is 1. The Hall–Kier alpha value is -3.76. The number of fused-ring (bicyclic) bond motifs is 1. The summed E-state index contributed by atoms with van der Waals surface area (Å²) in [6, 6.07) is 6.23. The summed E-state index contributed by atoms with van der Waals surface area (Å²) in [5.41, 5.74) is -0.486. The highest BCUT2D eigenvalue weighted by Gasteiger charge is 2.74. The van der Waals surface area contributed by atoms with Crippen molar-refractivity contribution in [1.82, 2.24) is 9.80 Å². The number of carbonyl (C=O) groups is 2. The largest absolute Gasteiger partial charge is 0.504 e. The number of carbonyl (C=O) groups excluding carboxylic acids is 2. The van der Waals surface area contributed by atoms with Crippen LogP contribution in [0.2, 0.25) is 0 Å². The number of hydrogen-bond donors (Lipinski definition) is 2. The predicted molar refractivity (Wildman–Crippen MR) is 130 cm³/mol. The maximum absolute atomic E-state index is 13.6. The molecule has 3 aliphatic heterocycles. The number of rotatable bonds is 4. The summed E-state index contributed by atoms with van der Waals surface area (Å²) in [7, 11) is 0. The predicted octanol–water partition coefficient (Wildman–Crippen LogP) is 2.31. The molecule has 0 radical (unpaired) electrons. The summed E-state index contributed by atoms with van der Waals surface area (Å²) < 4.78 is 6.45. The van der Waals surface area contributed by atoms with Gasteiger partial charge in [-0.2, -0.15) is 0 Å². The van der Waals surface area contributed by atoms with Crippen LogP contribution in [0.4, 0.5) is 5.69 Å². The molecule has 1 spiro atoms. The van der Waals surface area contributed by atoms with E-state index in [0.717, 1.165) is 22.1 Å². The number of nitrogens with zero attached hydrogens (tertiary/aromatic N) is 3. The van der Waals surface area contributed by atoms with Gasteiger partial charge in [0.25, 0.3) is 17.5 Å². The molecule has 2 fully saturated rings. The van der Waals surface area contributed by atoms with E-state index >= 15 is 0 Å². The monoisotopic (exact) mass is 503 g/mol. The Morgan fingerprint density at radius 3 is 2.73 bits per heavy atom. The zero-order valence-corrected chi connectivity index (χ0v) is 19.9. The molecule has 1 unspecified atom stereocenters. The number of phenols is 1. The molecular weight excluding hydrogens is 478 g/mol. The lowest BCUT2D eigenvalue weighted by molar-refractivity contribution is -0.384. The number of likely N-dealkylation sites (tertiary alicyclic amines) is 1. The minimum absolute atomic E-state index is 0.00101. The van der Waals surface area contributed by atoms with Gasteiger partial charge in [-0.05, 0) is 49.9 Å². The second-order valence-electron chi connectivity index (χ2n) is 10.7. The van der Waals surface area contributed by atoms with Gasteiger partial charge < -0.3 is 14.9 Å². The van der Waals surface area contributed by atoms with Gasteiger partial charge in [0.2, 0.25) is 0 Å². The number of amides is 2. The molecule has 5 atom stereocenters. The third-order valence-corrected chi connectivity index (χ3v) is 9.35. The first-order valence-electron chi connectivity index (χ1n) is 12.5. The molecular formula is C27H25N3O7. The van der Waals surface area contributed by atoms with Crippen molar-refractivity contribution in [1.29, 1.82) is 0 Å². The average Bonchev–Trinajstić information content (AvgIpc) is 3.35. The van der Waals surface area contributed by atoms with E-state index in [1.165, 1.54) is 12.1 Å². The lowest BCUT2D eigenvalue weighted by Gasteiger charge is -2.64. The van der Waals surface area contributed by atoms with Gasteiger partial charge >= 0.3 is 0 Å². The van der Waals surface area contributed by atoms with Crippen LogP contribution in [-0.4, -0.2) is 73.6 Å². The molecule has 1 saturated carbocycles. The molecule has 37 heavy (non-hydrogen) atoms. The van der Waals surface area contributed by atoms with Crippen molar-refractivity contribution in [3.8, 4) is 11.5 Å². The summed E-state index contributed by atoms with van der Waals surface area (Å²) in [6.45, 7) is 5.16. The Morgan fingerprint density at radius 1 is 1.19 bits per heavy atom. The molecule has 2 aromatic rings. The number of phenolic OH excluding ortho intramolecular Hbond substituents is 1. The topological polar surface area (TPSA) is 133 Å². The van der Waals surface area contributed by atoms with Gasteiger partial charge in [0, 0.05) is 30.3 Å². The minimum Gasteiger partial charge on any atom is -0.504 e. The van der Waals surface area contributed by atoms with E-state index in [1.54, 1.807) is 6.07 Å². The lowest BCUT2D eigenvalue weighted by atomic mass is 9.48. The number of aromatic hydroxyl groups is 1. The molecule has 1 saturated heterocycles. The van der Waals surface area contributed by atoms with Gasteiger partial charge in [0.15, 0.2) is 11.5 Å². The van der Waals surface area contributed by atoms with Crippen molar-refractivity contribution in [2.45, 2.75) is 54.9 Å². The summed E-state index contributed by atoms with van der Waals surface area (Å²) >= 11 is 0. The van der Waals surface area contributed by atoms with Crippen LogP contribution >= 0.6 is 0 Å². The molecule has 0 aromatic heterocycles. The minimum atomic E-state index is -1.20. The Labute approximate surface area is 211 Å². The maximum atomic E-state index is 13.6. The van der Waals surface area contributed by atoms with Crippen molar-refractivity contribution >= 4 is 17.5 Å². The van der Waals surface area contributed by atoms with Gasteiger partial charge in [0.05, 0.1) is 33.1 Å². The normalized spacial score (nSPS) is 33.1. The number of benzene rings is 2. The molecule has 2 bridgehead atoms. The van der Waals surface area contributed by atoms with Crippen molar-refractivity contribution in [3.63, 3.8) is 0 Å². The van der Waals surface area contributed by atoms with Gasteiger partial charge in [-0.3, -0.25) is 29.5 Å². The van der Waals surface area contributed by atoms with Crippen molar-refractivity contribution < 1.29 is 29.5 Å². The maximum Gasteiger partial charge on any atom is 0.270 e. The summed E-state index contributed by atoms with van der Waals surface area (Å²) in [5, 5.41) is 34.5.